The van der Waals surface area contributed by atoms with E-state index in [1.54, 1.807) is 0 Å². The van der Waals surface area contributed by atoms with Crippen LogP contribution in [-0.2, 0) is 0 Å². The molecule has 20 heavy (non-hydrogen) atoms. The molecule has 5 heteroatoms. The third-order valence-electron chi connectivity index (χ3n) is 5.35. The highest BCUT2D eigenvalue weighted by Crippen LogP contribution is 2.41. The molecule has 3 aliphatic rings. The van der Waals surface area contributed by atoms with Gasteiger partial charge in [-0.05, 0) is 39.2 Å². The highest BCUT2D eigenvalue weighted by Gasteiger charge is 2.40. The van der Waals surface area contributed by atoms with Crippen molar-refractivity contribution in [3.8, 4) is 0 Å². The van der Waals surface area contributed by atoms with Gasteiger partial charge in [0.25, 0.3) is 0 Å². The smallest absolute Gasteiger partial charge is 0.233 e. The van der Waals surface area contributed by atoms with Crippen LogP contribution in [0.3, 0.4) is 0 Å². The van der Waals surface area contributed by atoms with Gasteiger partial charge in [-0.15, -0.1) is 0 Å². The van der Waals surface area contributed by atoms with E-state index in [1.165, 1.54) is 25.7 Å². The van der Waals surface area contributed by atoms with Gasteiger partial charge in [-0.2, -0.15) is 4.98 Å². The summed E-state index contributed by atoms with van der Waals surface area (Å²) in [5.74, 6) is 2.35. The molecule has 2 saturated heterocycles. The van der Waals surface area contributed by atoms with E-state index in [4.69, 9.17) is 10.3 Å². The molecule has 0 saturated carbocycles. The van der Waals surface area contributed by atoms with Gasteiger partial charge >= 0.3 is 0 Å². The summed E-state index contributed by atoms with van der Waals surface area (Å²) < 4.78 is 5.49. The van der Waals surface area contributed by atoms with Gasteiger partial charge in [0.05, 0.1) is 5.92 Å². The monoisotopic (exact) mass is 274 g/mol. The maximum atomic E-state index is 5.89. The summed E-state index contributed by atoms with van der Waals surface area (Å²) in [5.41, 5.74) is 5.89. The minimum absolute atomic E-state index is 0.134. The van der Waals surface area contributed by atoms with Gasteiger partial charge in [-0.3, -0.25) is 0 Å². The van der Waals surface area contributed by atoms with Crippen LogP contribution in [0.15, 0.2) is 16.7 Å². The zero-order valence-corrected chi connectivity index (χ0v) is 11.9. The van der Waals surface area contributed by atoms with Gasteiger partial charge < -0.3 is 15.2 Å². The standard InChI is InChI=1S/C15H22N4O/c1-19-12-4-5-13(19)8-10(7-12)14-17-15(20-18-14)9-2-3-11(16)6-9/h2-3,9-13H,4-8,16H2,1H3. The number of hydrogen-bond donors (Lipinski definition) is 1. The first kappa shape index (κ1) is 12.5. The second-order valence-corrected chi connectivity index (χ2v) is 6.60. The molecular weight excluding hydrogens is 252 g/mol. The minimum atomic E-state index is 0.134. The maximum absolute atomic E-state index is 5.89. The minimum Gasteiger partial charge on any atom is -0.339 e. The van der Waals surface area contributed by atoms with E-state index in [2.05, 4.69) is 28.2 Å². The van der Waals surface area contributed by atoms with Gasteiger partial charge in [-0.25, -0.2) is 0 Å². The van der Waals surface area contributed by atoms with Gasteiger partial charge in [-0.1, -0.05) is 17.3 Å². The SMILES string of the molecule is CN1C2CCC1CC(c1noc(C3C=CC(N)C3)n1)C2. The average Bonchev–Trinajstić information content (AvgIpc) is 3.10. The van der Waals surface area contributed by atoms with Crippen molar-refractivity contribution in [1.29, 1.82) is 0 Å². The molecule has 2 aliphatic heterocycles. The van der Waals surface area contributed by atoms with Crippen LogP contribution in [0.5, 0.6) is 0 Å². The number of aromatic nitrogens is 2. The van der Waals surface area contributed by atoms with Gasteiger partial charge in [0.1, 0.15) is 0 Å². The molecule has 4 rings (SSSR count). The van der Waals surface area contributed by atoms with Crippen molar-refractivity contribution in [2.24, 2.45) is 5.73 Å². The number of piperidine rings is 1. The van der Waals surface area contributed by atoms with Crippen LogP contribution >= 0.6 is 0 Å². The third-order valence-corrected chi connectivity index (χ3v) is 5.35. The van der Waals surface area contributed by atoms with Crippen LogP contribution in [0.25, 0.3) is 0 Å². The quantitative estimate of drug-likeness (QED) is 0.833. The predicted octanol–water partition coefficient (Wildman–Crippen LogP) is 1.78. The lowest BCUT2D eigenvalue weighted by Gasteiger charge is -2.34. The molecule has 0 amide bonds. The Morgan fingerprint density at radius 3 is 2.60 bits per heavy atom. The fourth-order valence-electron chi connectivity index (χ4n) is 4.10. The van der Waals surface area contributed by atoms with Crippen LogP contribution in [0.1, 0.15) is 55.7 Å². The maximum Gasteiger partial charge on any atom is 0.233 e. The fourth-order valence-corrected chi connectivity index (χ4v) is 4.10. The number of fused-ring (bicyclic) bond motifs is 2. The molecule has 0 aromatic carbocycles. The molecule has 5 nitrogen and oxygen atoms in total. The molecule has 4 unspecified atom stereocenters. The lowest BCUT2D eigenvalue weighted by Crippen LogP contribution is -2.39. The van der Waals surface area contributed by atoms with Crippen molar-refractivity contribution < 1.29 is 4.52 Å². The molecule has 1 aromatic rings. The Labute approximate surface area is 119 Å². The summed E-state index contributed by atoms with van der Waals surface area (Å²) in [4.78, 5) is 7.21. The van der Waals surface area contributed by atoms with Crippen LogP contribution in [0.2, 0.25) is 0 Å². The molecule has 0 radical (unpaired) electrons. The molecule has 4 atom stereocenters. The number of nitrogens with zero attached hydrogens (tertiary/aromatic N) is 3. The Bertz CT molecular complexity index is 512. The molecule has 2 N–H and O–H groups in total. The van der Waals surface area contributed by atoms with Crippen LogP contribution in [-0.4, -0.2) is 40.2 Å². The topological polar surface area (TPSA) is 68.2 Å². The number of allylic oxidation sites excluding steroid dienone is 1. The molecule has 3 heterocycles. The Morgan fingerprint density at radius 2 is 1.95 bits per heavy atom. The first-order valence-electron chi connectivity index (χ1n) is 7.70. The summed E-state index contributed by atoms with van der Waals surface area (Å²) in [5, 5.41) is 4.25. The van der Waals surface area contributed by atoms with Gasteiger partial charge in [0, 0.05) is 24.0 Å². The van der Waals surface area contributed by atoms with Crippen LogP contribution < -0.4 is 5.73 Å². The molecule has 2 fully saturated rings. The zero-order chi connectivity index (χ0) is 13.7. The Kier molecular flexibility index (Phi) is 2.93. The summed E-state index contributed by atoms with van der Waals surface area (Å²) in [7, 11) is 2.25. The predicted molar refractivity (Wildman–Crippen MR) is 75.3 cm³/mol. The first-order valence-corrected chi connectivity index (χ1v) is 7.70. The number of nitrogens with two attached hydrogens (primary N) is 1. The lowest BCUT2D eigenvalue weighted by molar-refractivity contribution is 0.157. The van der Waals surface area contributed by atoms with E-state index in [0.717, 1.165) is 18.1 Å². The van der Waals surface area contributed by atoms with Crippen molar-refractivity contribution in [3.63, 3.8) is 0 Å². The van der Waals surface area contributed by atoms with Crippen molar-refractivity contribution in [1.82, 2.24) is 15.0 Å². The summed E-state index contributed by atoms with van der Waals surface area (Å²) in [6, 6.07) is 1.55. The lowest BCUT2D eigenvalue weighted by atomic mass is 9.90. The second-order valence-electron chi connectivity index (χ2n) is 6.60. The summed E-state index contributed by atoms with van der Waals surface area (Å²) in [6.07, 6.45) is 10.0. The molecule has 1 aromatic heterocycles. The molecule has 0 spiro atoms. The van der Waals surface area contributed by atoms with Gasteiger partial charge in [0.15, 0.2) is 5.82 Å². The largest absolute Gasteiger partial charge is 0.339 e. The highest BCUT2D eigenvalue weighted by atomic mass is 16.5. The van der Waals surface area contributed by atoms with Crippen LogP contribution in [0, 0.1) is 0 Å². The molecular formula is C15H22N4O. The van der Waals surface area contributed by atoms with Crippen LogP contribution in [0.4, 0.5) is 0 Å². The normalized spacial score (nSPS) is 40.6. The zero-order valence-electron chi connectivity index (χ0n) is 11.9. The van der Waals surface area contributed by atoms with E-state index >= 15 is 0 Å². The number of hydrogen-bond acceptors (Lipinski definition) is 5. The van der Waals surface area contributed by atoms with E-state index in [0.29, 0.717) is 18.0 Å². The summed E-state index contributed by atoms with van der Waals surface area (Å²) >= 11 is 0. The van der Waals surface area contributed by atoms with E-state index < -0.39 is 0 Å². The Morgan fingerprint density at radius 1 is 1.20 bits per heavy atom. The number of rotatable bonds is 2. The first-order chi connectivity index (χ1) is 9.70. The third kappa shape index (κ3) is 2.00. The van der Waals surface area contributed by atoms with E-state index in [-0.39, 0.29) is 12.0 Å². The van der Waals surface area contributed by atoms with Crippen molar-refractivity contribution in [3.05, 3.63) is 23.9 Å². The molecule has 2 bridgehead atoms. The van der Waals surface area contributed by atoms with E-state index in [9.17, 15) is 0 Å². The van der Waals surface area contributed by atoms with Crippen molar-refractivity contribution >= 4 is 0 Å². The van der Waals surface area contributed by atoms with Gasteiger partial charge in [0.2, 0.25) is 5.89 Å². The average molecular weight is 274 g/mol. The second kappa shape index (κ2) is 4.67. The van der Waals surface area contributed by atoms with E-state index in [1.807, 2.05) is 6.08 Å². The van der Waals surface area contributed by atoms with Crippen molar-refractivity contribution in [2.75, 3.05) is 7.05 Å². The van der Waals surface area contributed by atoms with Crippen molar-refractivity contribution in [2.45, 2.75) is 62.1 Å². The Balaban J connectivity index is 1.50. The highest BCUT2D eigenvalue weighted by molar-refractivity contribution is 5.16. The fraction of sp³-hybridized carbons (Fsp3) is 0.733. The molecule has 1 aliphatic carbocycles. The Hall–Kier alpha value is -1.20. The summed E-state index contributed by atoms with van der Waals surface area (Å²) in [6.45, 7) is 0. The molecule has 108 valence electrons.